The van der Waals surface area contributed by atoms with Crippen molar-refractivity contribution in [3.05, 3.63) is 182 Å². The van der Waals surface area contributed by atoms with Crippen molar-refractivity contribution in [3.63, 3.8) is 0 Å². The van der Waals surface area contributed by atoms with Crippen molar-refractivity contribution in [2.45, 2.75) is 0 Å². The largest absolute Gasteiger partial charge is 0.456 e. The topological polar surface area (TPSA) is 42.4 Å². The minimum absolute atomic E-state index is 0.630. The second-order valence-corrected chi connectivity index (χ2v) is 12.8. The fourth-order valence-electron chi connectivity index (χ4n) is 7.13. The molecule has 0 bridgehead atoms. The molecule has 2 heterocycles. The maximum Gasteiger partial charge on any atom is 0.227 e. The van der Waals surface area contributed by atoms with Gasteiger partial charge in [0.05, 0.1) is 0 Å². The Hall–Kier alpha value is -6.91. The van der Waals surface area contributed by atoms with Crippen molar-refractivity contribution >= 4 is 60.9 Å². The first-order valence-electron chi connectivity index (χ1n) is 17.1. The zero-order chi connectivity index (χ0) is 33.7. The zero-order valence-electron chi connectivity index (χ0n) is 27.5. The van der Waals surface area contributed by atoms with E-state index in [0.29, 0.717) is 5.89 Å². The van der Waals surface area contributed by atoms with Crippen LogP contribution in [0.15, 0.2) is 191 Å². The van der Waals surface area contributed by atoms with Crippen LogP contribution in [-0.2, 0) is 0 Å². The number of fused-ring (bicyclic) bond motifs is 6. The predicted molar refractivity (Wildman–Crippen MR) is 210 cm³/mol. The number of para-hydroxylation sites is 1. The Morgan fingerprint density at radius 1 is 0.373 bits per heavy atom. The Bertz CT molecular complexity index is 2840. The third-order valence-electron chi connectivity index (χ3n) is 9.70. The quantitative estimate of drug-likeness (QED) is 0.179. The van der Waals surface area contributed by atoms with E-state index in [1.54, 1.807) is 0 Å². The molecule has 0 radical (unpaired) electrons. The van der Waals surface area contributed by atoms with Crippen LogP contribution in [0.5, 0.6) is 0 Å². The zero-order valence-corrected chi connectivity index (χ0v) is 27.5. The summed E-state index contributed by atoms with van der Waals surface area (Å²) in [5, 5.41) is 4.39. The predicted octanol–water partition coefficient (Wildman–Crippen LogP) is 13.4. The van der Waals surface area contributed by atoms with Gasteiger partial charge in [-0.1, -0.05) is 109 Å². The molecule has 0 amide bonds. The molecule has 0 fully saturated rings. The third kappa shape index (κ3) is 5.13. The van der Waals surface area contributed by atoms with Crippen molar-refractivity contribution in [2.75, 3.05) is 4.90 Å². The smallest absolute Gasteiger partial charge is 0.227 e. The lowest BCUT2D eigenvalue weighted by molar-refractivity contribution is 0.623. The van der Waals surface area contributed by atoms with Crippen molar-refractivity contribution in [3.8, 4) is 33.7 Å². The monoisotopic (exact) mass is 654 g/mol. The molecule has 2 aromatic heterocycles. The summed E-state index contributed by atoms with van der Waals surface area (Å²) in [6.45, 7) is 0. The van der Waals surface area contributed by atoms with Crippen molar-refractivity contribution in [2.24, 2.45) is 0 Å². The summed E-state index contributed by atoms with van der Waals surface area (Å²) in [6, 6.07) is 63.4. The number of anilines is 3. The van der Waals surface area contributed by atoms with Gasteiger partial charge in [-0.25, -0.2) is 4.98 Å². The summed E-state index contributed by atoms with van der Waals surface area (Å²) in [5.74, 6) is 0.630. The van der Waals surface area contributed by atoms with Gasteiger partial charge in [0.25, 0.3) is 0 Å². The van der Waals surface area contributed by atoms with E-state index in [4.69, 9.17) is 13.8 Å². The van der Waals surface area contributed by atoms with E-state index in [2.05, 4.69) is 132 Å². The summed E-state index contributed by atoms with van der Waals surface area (Å²) in [7, 11) is 0. The molecule has 0 aliphatic rings. The molecule has 0 unspecified atom stereocenters. The molecule has 0 aliphatic carbocycles. The van der Waals surface area contributed by atoms with Crippen LogP contribution >= 0.6 is 0 Å². The first kappa shape index (κ1) is 29.0. The maximum atomic E-state index is 6.37. The third-order valence-corrected chi connectivity index (χ3v) is 9.70. The van der Waals surface area contributed by atoms with Crippen LogP contribution in [0.1, 0.15) is 0 Å². The van der Waals surface area contributed by atoms with Gasteiger partial charge in [0.1, 0.15) is 16.7 Å². The second-order valence-electron chi connectivity index (χ2n) is 12.8. The number of hydrogen-bond donors (Lipinski definition) is 0. The number of oxazole rings is 1. The van der Waals surface area contributed by atoms with Crippen LogP contribution < -0.4 is 4.90 Å². The number of benzene rings is 8. The molecular weight excluding hydrogens is 625 g/mol. The molecule has 240 valence electrons. The number of furan rings is 1. The van der Waals surface area contributed by atoms with E-state index in [1.165, 1.54) is 11.1 Å². The molecule has 4 heteroatoms. The standard InChI is InChI=1S/C47H30N2O2/c1-3-9-31(10-4-1)32-17-22-37(23-18-32)49(39-26-27-41-40-13-7-8-14-44(40)50-45(41)30-39)38-24-19-33(20-25-38)36-16-15-34-21-28-43-46(42(34)29-36)51-47(48-43)35-11-5-2-6-12-35/h1-30H. The minimum Gasteiger partial charge on any atom is -0.456 e. The van der Waals surface area contributed by atoms with Gasteiger partial charge in [-0.05, 0) is 94.4 Å². The summed E-state index contributed by atoms with van der Waals surface area (Å²) in [6.07, 6.45) is 0. The van der Waals surface area contributed by atoms with Gasteiger partial charge in [0, 0.05) is 44.9 Å². The molecule has 0 spiro atoms. The Morgan fingerprint density at radius 2 is 0.941 bits per heavy atom. The Labute approximate surface area is 294 Å². The van der Waals surface area contributed by atoms with Crippen molar-refractivity contribution in [1.29, 1.82) is 0 Å². The Kier molecular flexibility index (Phi) is 6.78. The fourth-order valence-corrected chi connectivity index (χ4v) is 7.13. The summed E-state index contributed by atoms with van der Waals surface area (Å²) < 4.78 is 12.7. The molecule has 0 N–H and O–H groups in total. The average molecular weight is 655 g/mol. The van der Waals surface area contributed by atoms with Gasteiger partial charge in [-0.3, -0.25) is 0 Å². The Balaban J connectivity index is 1.05. The molecule has 8 aromatic carbocycles. The van der Waals surface area contributed by atoms with Gasteiger partial charge in [-0.2, -0.15) is 0 Å². The average Bonchev–Trinajstić information content (AvgIpc) is 3.81. The number of aromatic nitrogens is 1. The van der Waals surface area contributed by atoms with E-state index in [9.17, 15) is 0 Å². The van der Waals surface area contributed by atoms with Crippen molar-refractivity contribution < 1.29 is 8.83 Å². The Morgan fingerprint density at radius 3 is 1.69 bits per heavy atom. The van der Waals surface area contributed by atoms with Gasteiger partial charge in [-0.15, -0.1) is 0 Å². The highest BCUT2D eigenvalue weighted by atomic mass is 16.3. The van der Waals surface area contributed by atoms with E-state index in [-0.39, 0.29) is 0 Å². The molecule has 0 atom stereocenters. The molecule has 10 rings (SSSR count). The van der Waals surface area contributed by atoms with Gasteiger partial charge in [0.15, 0.2) is 5.58 Å². The molecule has 0 saturated carbocycles. The van der Waals surface area contributed by atoms with Crippen LogP contribution in [0.2, 0.25) is 0 Å². The van der Waals surface area contributed by atoms with Crippen LogP contribution in [0.3, 0.4) is 0 Å². The molecule has 4 nitrogen and oxygen atoms in total. The second kappa shape index (κ2) is 11.9. The highest BCUT2D eigenvalue weighted by molar-refractivity contribution is 6.07. The van der Waals surface area contributed by atoms with E-state index >= 15 is 0 Å². The molecule has 10 aromatic rings. The molecule has 0 aliphatic heterocycles. The number of rotatable bonds is 6. The van der Waals surface area contributed by atoms with Gasteiger partial charge < -0.3 is 13.7 Å². The first-order chi connectivity index (χ1) is 25.2. The highest BCUT2D eigenvalue weighted by Crippen LogP contribution is 2.40. The van der Waals surface area contributed by atoms with E-state index < -0.39 is 0 Å². The summed E-state index contributed by atoms with van der Waals surface area (Å²) in [5.41, 5.74) is 12.1. The van der Waals surface area contributed by atoms with Crippen molar-refractivity contribution in [1.82, 2.24) is 4.98 Å². The lowest BCUT2D eigenvalue weighted by Crippen LogP contribution is -2.09. The minimum atomic E-state index is 0.630. The summed E-state index contributed by atoms with van der Waals surface area (Å²) >= 11 is 0. The summed E-state index contributed by atoms with van der Waals surface area (Å²) in [4.78, 5) is 7.09. The molecule has 51 heavy (non-hydrogen) atoms. The van der Waals surface area contributed by atoms with Crippen LogP contribution in [0, 0.1) is 0 Å². The molecule has 0 saturated heterocycles. The SMILES string of the molecule is c1ccc(-c2ccc(N(c3ccc(-c4ccc5ccc6nc(-c7ccccc7)oc6c5c4)cc3)c3ccc4c(c3)oc3ccccc34)cc2)cc1. The lowest BCUT2D eigenvalue weighted by atomic mass is 10.00. The number of nitrogens with zero attached hydrogens (tertiary/aromatic N) is 2. The molecular formula is C47H30N2O2. The highest BCUT2D eigenvalue weighted by Gasteiger charge is 2.17. The normalized spacial score (nSPS) is 11.5. The van der Waals surface area contributed by atoms with Crippen LogP contribution in [0.25, 0.3) is 77.5 Å². The number of hydrogen-bond acceptors (Lipinski definition) is 4. The lowest BCUT2D eigenvalue weighted by Gasteiger charge is -2.26. The van der Waals surface area contributed by atoms with Crippen LogP contribution in [-0.4, -0.2) is 4.98 Å². The van der Waals surface area contributed by atoms with Crippen LogP contribution in [0.4, 0.5) is 17.1 Å². The van der Waals surface area contributed by atoms with Gasteiger partial charge >= 0.3 is 0 Å². The maximum absolute atomic E-state index is 6.37. The van der Waals surface area contributed by atoms with E-state index in [1.807, 2.05) is 54.6 Å². The fraction of sp³-hybridized carbons (Fsp3) is 0. The first-order valence-corrected chi connectivity index (χ1v) is 17.1. The van der Waals surface area contributed by atoms with Gasteiger partial charge in [0.2, 0.25) is 5.89 Å². The van der Waals surface area contributed by atoms with E-state index in [0.717, 1.165) is 77.6 Å².